The first kappa shape index (κ1) is 16.8. The fourth-order valence-corrected chi connectivity index (χ4v) is 2.44. The Labute approximate surface area is 133 Å². The average molecular weight is 327 g/mol. The second kappa shape index (κ2) is 7.13. The van der Waals surface area contributed by atoms with Crippen molar-refractivity contribution in [3.8, 4) is 0 Å². The van der Waals surface area contributed by atoms with Gasteiger partial charge in [0, 0.05) is 18.3 Å². The van der Waals surface area contributed by atoms with Crippen LogP contribution < -0.4 is 5.32 Å². The maximum atomic E-state index is 13.2. The summed E-state index contributed by atoms with van der Waals surface area (Å²) < 4.78 is 26.2. The monoisotopic (exact) mass is 326 g/mol. The second-order valence-corrected chi connectivity index (χ2v) is 5.59. The van der Waals surface area contributed by atoms with Crippen LogP contribution in [0.2, 0.25) is 5.15 Å². The molecule has 0 radical (unpaired) electrons. The van der Waals surface area contributed by atoms with Crippen molar-refractivity contribution in [3.05, 3.63) is 64.4 Å². The van der Waals surface area contributed by atoms with Crippen LogP contribution in [-0.2, 0) is 0 Å². The van der Waals surface area contributed by atoms with Gasteiger partial charge in [-0.1, -0.05) is 17.7 Å². The van der Waals surface area contributed by atoms with Gasteiger partial charge in [-0.3, -0.25) is 0 Å². The minimum atomic E-state index is -0.974. The molecule has 2 N–H and O–H groups in total. The highest BCUT2D eigenvalue weighted by molar-refractivity contribution is 6.29. The minimum Gasteiger partial charge on any atom is -0.387 e. The summed E-state index contributed by atoms with van der Waals surface area (Å²) in [5.41, 5.74) is 1.24. The number of rotatable bonds is 5. The molecule has 0 spiro atoms. The maximum Gasteiger partial charge on any atom is 0.159 e. The van der Waals surface area contributed by atoms with E-state index in [-0.39, 0.29) is 12.1 Å². The molecule has 0 aliphatic rings. The maximum absolute atomic E-state index is 13.2. The highest BCUT2D eigenvalue weighted by atomic mass is 35.5. The largest absolute Gasteiger partial charge is 0.387 e. The predicted octanol–water partition coefficient (Wildman–Crippen LogP) is 3.79. The number of hydrogen-bond donors (Lipinski definition) is 2. The molecule has 3 atom stereocenters. The lowest BCUT2D eigenvalue weighted by Gasteiger charge is -2.25. The number of nitrogens with zero attached hydrogens (tertiary/aromatic N) is 1. The molecule has 118 valence electrons. The Kier molecular flexibility index (Phi) is 5.45. The van der Waals surface area contributed by atoms with Gasteiger partial charge >= 0.3 is 0 Å². The molecule has 3 nitrogen and oxygen atoms in total. The third-order valence-corrected chi connectivity index (χ3v) is 3.73. The van der Waals surface area contributed by atoms with Crippen LogP contribution in [-0.4, -0.2) is 16.1 Å². The van der Waals surface area contributed by atoms with E-state index >= 15 is 0 Å². The van der Waals surface area contributed by atoms with Crippen molar-refractivity contribution >= 4 is 11.6 Å². The zero-order valence-electron chi connectivity index (χ0n) is 12.2. The van der Waals surface area contributed by atoms with Crippen LogP contribution in [0.15, 0.2) is 36.5 Å². The molecule has 2 rings (SSSR count). The molecule has 0 fully saturated rings. The zero-order valence-corrected chi connectivity index (χ0v) is 13.0. The zero-order chi connectivity index (χ0) is 16.3. The molecule has 0 amide bonds. The van der Waals surface area contributed by atoms with Gasteiger partial charge in [0.25, 0.3) is 0 Å². The van der Waals surface area contributed by atoms with Crippen LogP contribution in [0.4, 0.5) is 8.78 Å². The standard InChI is InChI=1S/C16H17ClF2N2O/c1-9(11-5-6-20-15(17)8-11)21-10(2)16(22)12-3-4-13(18)14(19)7-12/h3-10,16,21-22H,1-2H3. The van der Waals surface area contributed by atoms with E-state index in [4.69, 9.17) is 11.6 Å². The molecule has 3 unspecified atom stereocenters. The smallest absolute Gasteiger partial charge is 0.159 e. The topological polar surface area (TPSA) is 45.1 Å². The average Bonchev–Trinajstić information content (AvgIpc) is 2.49. The summed E-state index contributed by atoms with van der Waals surface area (Å²) in [6.45, 7) is 3.69. The van der Waals surface area contributed by atoms with Crippen molar-refractivity contribution < 1.29 is 13.9 Å². The summed E-state index contributed by atoms with van der Waals surface area (Å²) in [7, 11) is 0. The van der Waals surface area contributed by atoms with E-state index in [0.717, 1.165) is 17.7 Å². The SMILES string of the molecule is CC(NC(C)C(O)c1ccc(F)c(F)c1)c1ccnc(Cl)c1. The van der Waals surface area contributed by atoms with E-state index in [1.54, 1.807) is 19.2 Å². The van der Waals surface area contributed by atoms with Crippen molar-refractivity contribution in [2.45, 2.75) is 32.0 Å². The van der Waals surface area contributed by atoms with E-state index in [0.29, 0.717) is 10.7 Å². The van der Waals surface area contributed by atoms with Crippen LogP contribution in [0.25, 0.3) is 0 Å². The van der Waals surface area contributed by atoms with Gasteiger partial charge < -0.3 is 10.4 Å². The first-order valence-electron chi connectivity index (χ1n) is 6.89. The number of pyridine rings is 1. The molecule has 1 aromatic carbocycles. The van der Waals surface area contributed by atoms with Gasteiger partial charge in [0.05, 0.1) is 6.10 Å². The number of aromatic nitrogens is 1. The Morgan fingerprint density at radius 1 is 1.09 bits per heavy atom. The van der Waals surface area contributed by atoms with E-state index in [1.165, 1.54) is 6.07 Å². The third-order valence-electron chi connectivity index (χ3n) is 3.52. The van der Waals surface area contributed by atoms with E-state index in [2.05, 4.69) is 10.3 Å². The van der Waals surface area contributed by atoms with Crippen LogP contribution in [0, 0.1) is 11.6 Å². The summed E-state index contributed by atoms with van der Waals surface area (Å²) in [6, 6.07) is 6.48. The number of benzene rings is 1. The number of halogens is 3. The van der Waals surface area contributed by atoms with Crippen molar-refractivity contribution in [1.82, 2.24) is 10.3 Å². The molecule has 1 heterocycles. The normalized spacial score (nSPS) is 15.4. The first-order chi connectivity index (χ1) is 10.4. The van der Waals surface area contributed by atoms with Gasteiger partial charge in [-0.25, -0.2) is 13.8 Å². The molecular formula is C16H17ClF2N2O. The first-order valence-corrected chi connectivity index (χ1v) is 7.27. The Morgan fingerprint density at radius 3 is 2.45 bits per heavy atom. The van der Waals surface area contributed by atoms with Crippen molar-refractivity contribution in [3.63, 3.8) is 0 Å². The molecular weight excluding hydrogens is 310 g/mol. The van der Waals surface area contributed by atoms with Gasteiger partial charge in [-0.05, 0) is 49.2 Å². The van der Waals surface area contributed by atoms with Crippen molar-refractivity contribution in [1.29, 1.82) is 0 Å². The lowest BCUT2D eigenvalue weighted by Crippen LogP contribution is -2.34. The van der Waals surface area contributed by atoms with Crippen LogP contribution in [0.3, 0.4) is 0 Å². The highest BCUT2D eigenvalue weighted by Gasteiger charge is 2.20. The Balaban J connectivity index is 2.07. The summed E-state index contributed by atoms with van der Waals surface area (Å²) in [5.74, 6) is -1.91. The minimum absolute atomic E-state index is 0.0876. The lowest BCUT2D eigenvalue weighted by atomic mass is 10.0. The highest BCUT2D eigenvalue weighted by Crippen LogP contribution is 2.22. The van der Waals surface area contributed by atoms with Gasteiger partial charge in [-0.2, -0.15) is 0 Å². The third kappa shape index (κ3) is 4.00. The molecule has 1 aromatic heterocycles. The molecule has 6 heteroatoms. The van der Waals surface area contributed by atoms with Gasteiger partial charge in [0.1, 0.15) is 5.15 Å². The number of nitrogens with one attached hydrogen (secondary N) is 1. The van der Waals surface area contributed by atoms with Crippen LogP contribution >= 0.6 is 11.6 Å². The summed E-state index contributed by atoms with van der Waals surface area (Å²) in [4.78, 5) is 3.91. The summed E-state index contributed by atoms with van der Waals surface area (Å²) in [5, 5.41) is 13.9. The van der Waals surface area contributed by atoms with Crippen LogP contribution in [0.5, 0.6) is 0 Å². The number of hydrogen-bond acceptors (Lipinski definition) is 3. The lowest BCUT2D eigenvalue weighted by molar-refractivity contribution is 0.130. The molecule has 0 saturated heterocycles. The van der Waals surface area contributed by atoms with Gasteiger partial charge in [-0.15, -0.1) is 0 Å². The summed E-state index contributed by atoms with van der Waals surface area (Å²) >= 11 is 5.85. The summed E-state index contributed by atoms with van der Waals surface area (Å²) in [6.07, 6.45) is 0.640. The number of aliphatic hydroxyl groups excluding tert-OH is 1. The quantitative estimate of drug-likeness (QED) is 0.822. The van der Waals surface area contributed by atoms with Crippen LogP contribution in [0.1, 0.15) is 37.1 Å². The fraction of sp³-hybridized carbons (Fsp3) is 0.312. The van der Waals surface area contributed by atoms with Crippen molar-refractivity contribution in [2.75, 3.05) is 0 Å². The van der Waals surface area contributed by atoms with E-state index in [1.807, 2.05) is 13.0 Å². The number of aliphatic hydroxyl groups is 1. The fourth-order valence-electron chi connectivity index (χ4n) is 2.25. The second-order valence-electron chi connectivity index (χ2n) is 5.21. The Bertz CT molecular complexity index is 654. The molecule has 0 aliphatic carbocycles. The Hall–Kier alpha value is -1.56. The van der Waals surface area contributed by atoms with E-state index in [9.17, 15) is 13.9 Å². The molecule has 2 aromatic rings. The Morgan fingerprint density at radius 2 is 1.82 bits per heavy atom. The van der Waals surface area contributed by atoms with E-state index < -0.39 is 17.7 Å². The van der Waals surface area contributed by atoms with Gasteiger partial charge in [0.2, 0.25) is 0 Å². The van der Waals surface area contributed by atoms with Crippen molar-refractivity contribution in [2.24, 2.45) is 0 Å². The predicted molar refractivity (Wildman–Crippen MR) is 81.6 cm³/mol. The molecule has 0 aliphatic heterocycles. The molecule has 0 saturated carbocycles. The molecule has 22 heavy (non-hydrogen) atoms. The van der Waals surface area contributed by atoms with Gasteiger partial charge in [0.15, 0.2) is 11.6 Å². The molecule has 0 bridgehead atoms.